The number of aromatic hydroxyl groups is 1. The summed E-state index contributed by atoms with van der Waals surface area (Å²) in [6.45, 7) is 1.35. The Balaban J connectivity index is 1.45. The largest absolute Gasteiger partial charge is 0.508 e. The van der Waals surface area contributed by atoms with Gasteiger partial charge in [0.1, 0.15) is 12.3 Å². The average Bonchev–Trinajstić information content (AvgIpc) is 2.78. The molecule has 0 bridgehead atoms. The third-order valence-corrected chi connectivity index (χ3v) is 4.99. The van der Waals surface area contributed by atoms with Crippen LogP contribution in [0.1, 0.15) is 17.3 Å². The Labute approximate surface area is 178 Å². The van der Waals surface area contributed by atoms with Crippen molar-refractivity contribution in [3.8, 4) is 16.9 Å². The van der Waals surface area contributed by atoms with Gasteiger partial charge in [-0.2, -0.15) is 0 Å². The van der Waals surface area contributed by atoms with Crippen LogP contribution in [0.25, 0.3) is 11.1 Å². The number of phenolic OH excluding ortho intramolecular Hbond substituents is 1. The minimum Gasteiger partial charge on any atom is -0.508 e. The number of ether oxygens (including phenoxy) is 1. The molecule has 0 saturated heterocycles. The first kappa shape index (κ1) is 20.2. The SMILES string of the molecule is C[C@H](OC(=O)c1ccc(-c2ccc(O)cc2)cc1)C(=O)N1CC(=O)Nc2ccccc21. The standard InChI is InChI=1S/C24H20N2O5/c1-15(23(29)26-14-22(28)25-20-4-2-3-5-21(20)26)31-24(30)18-8-6-16(7-9-18)17-10-12-19(27)13-11-17/h2-13,15,27H,14H2,1H3,(H,25,28)/t15-/m0/s1. The highest BCUT2D eigenvalue weighted by Crippen LogP contribution is 2.29. The van der Waals surface area contributed by atoms with E-state index in [2.05, 4.69) is 5.32 Å². The molecule has 31 heavy (non-hydrogen) atoms. The predicted molar refractivity (Wildman–Crippen MR) is 116 cm³/mol. The number of carbonyl (C=O) groups is 3. The van der Waals surface area contributed by atoms with Crippen LogP contribution in [0.15, 0.2) is 72.8 Å². The molecule has 156 valence electrons. The van der Waals surface area contributed by atoms with E-state index in [1.165, 1.54) is 11.8 Å². The number of hydrogen-bond acceptors (Lipinski definition) is 5. The van der Waals surface area contributed by atoms with Gasteiger partial charge in [0.25, 0.3) is 5.91 Å². The average molecular weight is 416 g/mol. The maximum absolute atomic E-state index is 12.9. The summed E-state index contributed by atoms with van der Waals surface area (Å²) in [7, 11) is 0. The van der Waals surface area contributed by atoms with Gasteiger partial charge in [-0.15, -0.1) is 0 Å². The maximum Gasteiger partial charge on any atom is 0.338 e. The van der Waals surface area contributed by atoms with Gasteiger partial charge in [0.15, 0.2) is 6.10 Å². The second kappa shape index (κ2) is 8.31. The molecule has 1 aliphatic rings. The van der Waals surface area contributed by atoms with E-state index in [4.69, 9.17) is 4.74 Å². The smallest absolute Gasteiger partial charge is 0.338 e. The lowest BCUT2D eigenvalue weighted by molar-refractivity contribution is -0.128. The number of rotatable bonds is 4. The Morgan fingerprint density at radius 2 is 1.58 bits per heavy atom. The van der Waals surface area contributed by atoms with E-state index < -0.39 is 18.0 Å². The summed E-state index contributed by atoms with van der Waals surface area (Å²) in [6.07, 6.45) is -1.07. The lowest BCUT2D eigenvalue weighted by Gasteiger charge is -2.30. The van der Waals surface area contributed by atoms with Crippen LogP contribution in [0.5, 0.6) is 5.75 Å². The number of phenols is 1. The van der Waals surface area contributed by atoms with Crippen LogP contribution >= 0.6 is 0 Å². The fourth-order valence-electron chi connectivity index (χ4n) is 3.38. The molecule has 0 aliphatic carbocycles. The molecule has 3 aromatic carbocycles. The quantitative estimate of drug-likeness (QED) is 0.634. The molecule has 7 nitrogen and oxygen atoms in total. The summed E-state index contributed by atoms with van der Waals surface area (Å²) in [6, 6.07) is 20.4. The van der Waals surface area contributed by atoms with Crippen molar-refractivity contribution in [3.63, 3.8) is 0 Å². The Hall–Kier alpha value is -4.13. The van der Waals surface area contributed by atoms with Crippen LogP contribution in [0.2, 0.25) is 0 Å². The van der Waals surface area contributed by atoms with Gasteiger partial charge in [0.2, 0.25) is 5.91 Å². The number of anilines is 2. The van der Waals surface area contributed by atoms with Gasteiger partial charge in [-0.05, 0) is 54.4 Å². The third-order valence-electron chi connectivity index (χ3n) is 4.99. The minimum absolute atomic E-state index is 0.140. The van der Waals surface area contributed by atoms with Crippen LogP contribution in [0, 0.1) is 0 Å². The van der Waals surface area contributed by atoms with Gasteiger partial charge in [0.05, 0.1) is 16.9 Å². The van der Waals surface area contributed by atoms with Gasteiger partial charge in [-0.1, -0.05) is 36.4 Å². The van der Waals surface area contributed by atoms with Crippen molar-refractivity contribution in [2.45, 2.75) is 13.0 Å². The number of esters is 1. The van der Waals surface area contributed by atoms with E-state index in [0.29, 0.717) is 16.9 Å². The normalized spacial score (nSPS) is 13.7. The Morgan fingerprint density at radius 3 is 2.26 bits per heavy atom. The zero-order valence-corrected chi connectivity index (χ0v) is 16.7. The molecule has 7 heteroatoms. The van der Waals surface area contributed by atoms with Gasteiger partial charge in [-0.3, -0.25) is 14.5 Å². The van der Waals surface area contributed by atoms with Crippen molar-refractivity contribution in [2.75, 3.05) is 16.8 Å². The fraction of sp³-hybridized carbons (Fsp3) is 0.125. The summed E-state index contributed by atoms with van der Waals surface area (Å²) < 4.78 is 5.37. The fourth-order valence-corrected chi connectivity index (χ4v) is 3.38. The number of benzene rings is 3. The van der Waals surface area contributed by atoms with Crippen molar-refractivity contribution >= 4 is 29.2 Å². The van der Waals surface area contributed by atoms with Crippen molar-refractivity contribution in [3.05, 3.63) is 78.4 Å². The van der Waals surface area contributed by atoms with Gasteiger partial charge in [-0.25, -0.2) is 4.79 Å². The maximum atomic E-state index is 12.9. The van der Waals surface area contributed by atoms with E-state index in [-0.39, 0.29) is 18.2 Å². The molecule has 1 atom stereocenters. The number of para-hydroxylation sites is 2. The zero-order valence-electron chi connectivity index (χ0n) is 16.7. The van der Waals surface area contributed by atoms with Crippen LogP contribution in [-0.2, 0) is 14.3 Å². The number of hydrogen-bond donors (Lipinski definition) is 2. The molecule has 3 aromatic rings. The van der Waals surface area contributed by atoms with E-state index in [0.717, 1.165) is 11.1 Å². The summed E-state index contributed by atoms with van der Waals surface area (Å²) >= 11 is 0. The molecule has 0 aromatic heterocycles. The number of nitrogens with one attached hydrogen (secondary N) is 1. The molecule has 0 radical (unpaired) electrons. The monoisotopic (exact) mass is 416 g/mol. The molecule has 1 heterocycles. The lowest BCUT2D eigenvalue weighted by atomic mass is 10.0. The van der Waals surface area contributed by atoms with E-state index in [1.807, 2.05) is 0 Å². The molecule has 2 amide bonds. The highest BCUT2D eigenvalue weighted by atomic mass is 16.5. The highest BCUT2D eigenvalue weighted by Gasteiger charge is 2.31. The first-order valence-corrected chi connectivity index (χ1v) is 9.73. The number of carbonyl (C=O) groups excluding carboxylic acids is 3. The molecule has 0 saturated carbocycles. The zero-order chi connectivity index (χ0) is 22.0. The van der Waals surface area contributed by atoms with Crippen LogP contribution in [-0.4, -0.2) is 35.5 Å². The van der Waals surface area contributed by atoms with E-state index in [9.17, 15) is 19.5 Å². The van der Waals surface area contributed by atoms with Crippen LogP contribution < -0.4 is 10.2 Å². The molecular formula is C24H20N2O5. The molecule has 0 spiro atoms. The van der Waals surface area contributed by atoms with Gasteiger partial charge in [0, 0.05) is 0 Å². The number of amides is 2. The third kappa shape index (κ3) is 4.25. The number of fused-ring (bicyclic) bond motifs is 1. The Kier molecular flexibility index (Phi) is 5.41. The van der Waals surface area contributed by atoms with Crippen molar-refractivity contribution in [1.29, 1.82) is 0 Å². The number of nitrogens with zero attached hydrogens (tertiary/aromatic N) is 1. The highest BCUT2D eigenvalue weighted by molar-refractivity contribution is 6.11. The van der Waals surface area contributed by atoms with E-state index >= 15 is 0 Å². The van der Waals surface area contributed by atoms with Crippen molar-refractivity contribution in [1.82, 2.24) is 0 Å². The minimum atomic E-state index is -1.07. The van der Waals surface area contributed by atoms with Crippen LogP contribution in [0.3, 0.4) is 0 Å². The molecule has 0 fully saturated rings. The lowest BCUT2D eigenvalue weighted by Crippen LogP contribution is -2.47. The first-order valence-electron chi connectivity index (χ1n) is 9.73. The topological polar surface area (TPSA) is 95.9 Å². The predicted octanol–water partition coefficient (Wildman–Crippen LogP) is 3.59. The summed E-state index contributed by atoms with van der Waals surface area (Å²) in [5.41, 5.74) is 3.17. The first-order chi connectivity index (χ1) is 14.9. The molecule has 2 N–H and O–H groups in total. The second-order valence-electron chi connectivity index (χ2n) is 7.16. The van der Waals surface area contributed by atoms with Crippen molar-refractivity contribution in [2.24, 2.45) is 0 Å². The van der Waals surface area contributed by atoms with Crippen molar-refractivity contribution < 1.29 is 24.2 Å². The van der Waals surface area contributed by atoms with Crippen LogP contribution in [0.4, 0.5) is 11.4 Å². The summed E-state index contributed by atoms with van der Waals surface area (Å²) in [5, 5.41) is 12.1. The Morgan fingerprint density at radius 1 is 0.968 bits per heavy atom. The molecular weight excluding hydrogens is 396 g/mol. The summed E-state index contributed by atoms with van der Waals surface area (Å²) in [5.74, 6) is -1.24. The van der Waals surface area contributed by atoms with Gasteiger partial charge < -0.3 is 15.2 Å². The summed E-state index contributed by atoms with van der Waals surface area (Å²) in [4.78, 5) is 38.7. The molecule has 4 rings (SSSR count). The second-order valence-corrected chi connectivity index (χ2v) is 7.16. The van der Waals surface area contributed by atoms with E-state index in [1.54, 1.807) is 72.8 Å². The molecule has 1 aliphatic heterocycles. The molecule has 0 unspecified atom stereocenters. The Bertz CT molecular complexity index is 1140. The van der Waals surface area contributed by atoms with Gasteiger partial charge >= 0.3 is 5.97 Å².